The van der Waals surface area contributed by atoms with E-state index in [-0.39, 0.29) is 5.91 Å². The molecule has 1 aromatic carbocycles. The first-order valence-electron chi connectivity index (χ1n) is 7.98. The van der Waals surface area contributed by atoms with Crippen molar-refractivity contribution in [2.24, 2.45) is 0 Å². The molecule has 1 N–H and O–H groups in total. The van der Waals surface area contributed by atoms with Gasteiger partial charge in [0.05, 0.1) is 5.60 Å². The van der Waals surface area contributed by atoms with E-state index in [1.54, 1.807) is 18.7 Å². The number of fused-ring (bicyclic) bond motifs is 1. The maximum Gasteiger partial charge on any atom is 0.223 e. The number of carbonyl (C=O) groups excluding carboxylic acids is 1. The van der Waals surface area contributed by atoms with Crippen molar-refractivity contribution in [3.63, 3.8) is 0 Å². The Balaban J connectivity index is 2.06. The number of hydrogen-bond acceptors (Lipinski definition) is 2. The average molecular weight is 289 g/mol. The molecule has 1 unspecified atom stereocenters. The summed E-state index contributed by atoms with van der Waals surface area (Å²) in [5.74, 6) is 0.486. The minimum Gasteiger partial charge on any atom is -0.389 e. The highest BCUT2D eigenvalue weighted by atomic mass is 16.3. The van der Waals surface area contributed by atoms with Crippen LogP contribution in [-0.2, 0) is 11.2 Å². The summed E-state index contributed by atoms with van der Waals surface area (Å²) < 4.78 is 0. The first-order chi connectivity index (χ1) is 9.90. The SMILES string of the molecule is CCN(CC(C)(C)O)C(=O)CC1CCCc2ccccc21. The van der Waals surface area contributed by atoms with Gasteiger partial charge in [-0.1, -0.05) is 24.3 Å². The molecule has 0 aromatic heterocycles. The molecular weight excluding hydrogens is 262 g/mol. The van der Waals surface area contributed by atoms with Gasteiger partial charge in [-0.3, -0.25) is 4.79 Å². The predicted molar refractivity (Wildman–Crippen MR) is 85.3 cm³/mol. The zero-order chi connectivity index (χ0) is 15.5. The zero-order valence-corrected chi connectivity index (χ0v) is 13.4. The van der Waals surface area contributed by atoms with Crippen molar-refractivity contribution >= 4 is 5.91 Å². The molecule has 0 heterocycles. The number of carbonyl (C=O) groups is 1. The summed E-state index contributed by atoms with van der Waals surface area (Å²) in [6.07, 6.45) is 3.93. The molecule has 1 amide bonds. The van der Waals surface area contributed by atoms with E-state index < -0.39 is 5.60 Å². The summed E-state index contributed by atoms with van der Waals surface area (Å²) >= 11 is 0. The molecular formula is C18H27NO2. The minimum absolute atomic E-state index is 0.154. The Hall–Kier alpha value is -1.35. The lowest BCUT2D eigenvalue weighted by atomic mass is 9.81. The highest BCUT2D eigenvalue weighted by Crippen LogP contribution is 2.34. The normalized spacial score (nSPS) is 18.2. The van der Waals surface area contributed by atoms with Gasteiger partial charge in [-0.2, -0.15) is 0 Å². The van der Waals surface area contributed by atoms with E-state index in [1.165, 1.54) is 11.1 Å². The molecule has 0 saturated carbocycles. The summed E-state index contributed by atoms with van der Waals surface area (Å²) in [6.45, 7) is 6.52. The molecule has 1 aliphatic carbocycles. The Labute approximate surface area is 128 Å². The molecule has 0 fully saturated rings. The average Bonchev–Trinajstić information content (AvgIpc) is 2.44. The maximum atomic E-state index is 12.5. The molecule has 0 aliphatic heterocycles. The van der Waals surface area contributed by atoms with E-state index in [1.807, 2.05) is 6.92 Å². The third-order valence-electron chi connectivity index (χ3n) is 4.23. The van der Waals surface area contributed by atoms with Crippen LogP contribution < -0.4 is 0 Å². The predicted octanol–water partition coefficient (Wildman–Crippen LogP) is 3.12. The third kappa shape index (κ3) is 4.31. The third-order valence-corrected chi connectivity index (χ3v) is 4.23. The van der Waals surface area contributed by atoms with Gasteiger partial charge in [0.2, 0.25) is 5.91 Å². The molecule has 0 radical (unpaired) electrons. The van der Waals surface area contributed by atoms with Crippen LogP contribution in [0.25, 0.3) is 0 Å². The van der Waals surface area contributed by atoms with E-state index >= 15 is 0 Å². The van der Waals surface area contributed by atoms with Crippen LogP contribution in [0, 0.1) is 0 Å². The summed E-state index contributed by atoms with van der Waals surface area (Å²) in [6, 6.07) is 8.49. The van der Waals surface area contributed by atoms with Gasteiger partial charge in [-0.25, -0.2) is 0 Å². The van der Waals surface area contributed by atoms with E-state index in [2.05, 4.69) is 24.3 Å². The van der Waals surface area contributed by atoms with Gasteiger partial charge < -0.3 is 10.0 Å². The molecule has 2 rings (SSSR count). The fourth-order valence-corrected chi connectivity index (χ4v) is 3.25. The summed E-state index contributed by atoms with van der Waals surface area (Å²) in [5, 5.41) is 9.94. The second kappa shape index (κ2) is 6.61. The molecule has 1 aliphatic rings. The highest BCUT2D eigenvalue weighted by molar-refractivity contribution is 5.77. The number of aliphatic hydroxyl groups is 1. The number of rotatable bonds is 5. The topological polar surface area (TPSA) is 40.5 Å². The quantitative estimate of drug-likeness (QED) is 0.905. The Morgan fingerprint density at radius 2 is 2.10 bits per heavy atom. The fourth-order valence-electron chi connectivity index (χ4n) is 3.25. The second-order valence-corrected chi connectivity index (χ2v) is 6.71. The standard InChI is InChI=1S/C18H27NO2/c1-4-19(13-18(2,3)21)17(20)12-15-10-7-9-14-8-5-6-11-16(14)15/h5-6,8,11,15,21H,4,7,9-10,12-13H2,1-3H3. The lowest BCUT2D eigenvalue weighted by molar-refractivity contribution is -0.134. The largest absolute Gasteiger partial charge is 0.389 e. The van der Waals surface area contributed by atoms with Crippen LogP contribution >= 0.6 is 0 Å². The molecule has 1 atom stereocenters. The first kappa shape index (κ1) is 16.0. The molecule has 116 valence electrons. The number of aryl methyl sites for hydroxylation is 1. The Kier molecular flexibility index (Phi) is 5.04. The van der Waals surface area contributed by atoms with E-state index in [0.717, 1.165) is 19.3 Å². The number of likely N-dealkylation sites (N-methyl/N-ethyl adjacent to an activating group) is 1. The zero-order valence-electron chi connectivity index (χ0n) is 13.4. The van der Waals surface area contributed by atoms with Crippen molar-refractivity contribution in [1.29, 1.82) is 0 Å². The summed E-state index contributed by atoms with van der Waals surface area (Å²) in [5.41, 5.74) is 1.90. The number of amides is 1. The van der Waals surface area contributed by atoms with Crippen LogP contribution in [0.3, 0.4) is 0 Å². The van der Waals surface area contributed by atoms with E-state index in [9.17, 15) is 9.90 Å². The van der Waals surface area contributed by atoms with Crippen LogP contribution in [0.4, 0.5) is 0 Å². The van der Waals surface area contributed by atoms with Crippen molar-refractivity contribution in [3.8, 4) is 0 Å². The maximum absolute atomic E-state index is 12.5. The second-order valence-electron chi connectivity index (χ2n) is 6.71. The van der Waals surface area contributed by atoms with E-state index in [0.29, 0.717) is 25.4 Å². The van der Waals surface area contributed by atoms with Crippen molar-refractivity contribution in [1.82, 2.24) is 4.90 Å². The lowest BCUT2D eigenvalue weighted by Gasteiger charge is -2.31. The van der Waals surface area contributed by atoms with Crippen molar-refractivity contribution in [3.05, 3.63) is 35.4 Å². The van der Waals surface area contributed by atoms with Crippen LogP contribution in [0.15, 0.2) is 24.3 Å². The van der Waals surface area contributed by atoms with Crippen LogP contribution in [0.2, 0.25) is 0 Å². The highest BCUT2D eigenvalue weighted by Gasteiger charge is 2.26. The first-order valence-corrected chi connectivity index (χ1v) is 7.98. The van der Waals surface area contributed by atoms with Gasteiger partial charge in [0.1, 0.15) is 0 Å². The van der Waals surface area contributed by atoms with Gasteiger partial charge >= 0.3 is 0 Å². The Morgan fingerprint density at radius 3 is 2.76 bits per heavy atom. The fraction of sp³-hybridized carbons (Fsp3) is 0.611. The van der Waals surface area contributed by atoms with E-state index in [4.69, 9.17) is 0 Å². The van der Waals surface area contributed by atoms with Gasteiger partial charge in [0.15, 0.2) is 0 Å². The van der Waals surface area contributed by atoms with Gasteiger partial charge in [0, 0.05) is 19.5 Å². The monoisotopic (exact) mass is 289 g/mol. The Morgan fingerprint density at radius 1 is 1.38 bits per heavy atom. The summed E-state index contributed by atoms with van der Waals surface area (Å²) in [7, 11) is 0. The van der Waals surface area contributed by atoms with Gasteiger partial charge in [-0.05, 0) is 57.1 Å². The number of benzene rings is 1. The number of nitrogens with zero attached hydrogens (tertiary/aromatic N) is 1. The van der Waals surface area contributed by atoms with Crippen molar-refractivity contribution in [2.75, 3.05) is 13.1 Å². The minimum atomic E-state index is -0.837. The van der Waals surface area contributed by atoms with Gasteiger partial charge in [0.25, 0.3) is 0 Å². The van der Waals surface area contributed by atoms with Crippen molar-refractivity contribution < 1.29 is 9.90 Å². The van der Waals surface area contributed by atoms with Crippen LogP contribution in [-0.4, -0.2) is 34.6 Å². The number of hydrogen-bond donors (Lipinski definition) is 1. The van der Waals surface area contributed by atoms with Crippen LogP contribution in [0.1, 0.15) is 57.1 Å². The molecule has 21 heavy (non-hydrogen) atoms. The molecule has 0 spiro atoms. The lowest BCUT2D eigenvalue weighted by Crippen LogP contribution is -2.42. The molecule has 0 saturated heterocycles. The van der Waals surface area contributed by atoms with Crippen molar-refractivity contribution in [2.45, 2.75) is 58.0 Å². The molecule has 3 heteroatoms. The summed E-state index contributed by atoms with van der Waals surface area (Å²) in [4.78, 5) is 14.3. The van der Waals surface area contributed by atoms with Gasteiger partial charge in [-0.15, -0.1) is 0 Å². The van der Waals surface area contributed by atoms with Crippen LogP contribution in [0.5, 0.6) is 0 Å². The molecule has 3 nitrogen and oxygen atoms in total. The smallest absolute Gasteiger partial charge is 0.223 e. The molecule has 1 aromatic rings. The Bertz CT molecular complexity index is 490. The molecule has 0 bridgehead atoms.